The van der Waals surface area contributed by atoms with Crippen LogP contribution in [0.5, 0.6) is 0 Å². The Morgan fingerprint density at radius 3 is 2.17 bits per heavy atom. The van der Waals surface area contributed by atoms with Crippen molar-refractivity contribution in [3.63, 3.8) is 0 Å². The maximum atomic E-state index is 10.6. The van der Waals surface area contributed by atoms with Gasteiger partial charge in [-0.15, -0.1) is 0 Å². The van der Waals surface area contributed by atoms with Gasteiger partial charge < -0.3 is 14.9 Å². The van der Waals surface area contributed by atoms with Gasteiger partial charge in [0.1, 0.15) is 13.2 Å². The van der Waals surface area contributed by atoms with Crippen molar-refractivity contribution in [1.29, 1.82) is 5.41 Å². The van der Waals surface area contributed by atoms with Crippen LogP contribution in [0.3, 0.4) is 0 Å². The van der Waals surface area contributed by atoms with E-state index in [0.29, 0.717) is 0 Å². The SMILES string of the molecule is C=CCOC(=O)C(=O)OCC=N. The van der Waals surface area contributed by atoms with Crippen molar-refractivity contribution < 1.29 is 19.1 Å². The molecule has 0 aromatic carbocycles. The van der Waals surface area contributed by atoms with E-state index in [0.717, 1.165) is 6.21 Å². The van der Waals surface area contributed by atoms with Crippen molar-refractivity contribution in [3.8, 4) is 0 Å². The number of nitrogens with one attached hydrogen (secondary N) is 1. The minimum Gasteiger partial charge on any atom is -0.453 e. The van der Waals surface area contributed by atoms with Gasteiger partial charge >= 0.3 is 11.9 Å². The average molecular weight is 171 g/mol. The fourth-order valence-corrected chi connectivity index (χ4v) is 0.370. The maximum absolute atomic E-state index is 10.6. The highest BCUT2D eigenvalue weighted by molar-refractivity contribution is 6.29. The van der Waals surface area contributed by atoms with Gasteiger partial charge in [-0.05, 0) is 0 Å². The van der Waals surface area contributed by atoms with Gasteiger partial charge in [-0.25, -0.2) is 9.59 Å². The van der Waals surface area contributed by atoms with E-state index in [1.165, 1.54) is 6.08 Å². The topological polar surface area (TPSA) is 76.5 Å². The molecular formula is C7H9NO4. The second kappa shape index (κ2) is 6.09. The Morgan fingerprint density at radius 1 is 1.25 bits per heavy atom. The lowest BCUT2D eigenvalue weighted by atomic mass is 10.6. The molecule has 0 aromatic rings. The number of ether oxygens (including phenoxy) is 2. The number of carbonyl (C=O) groups excluding carboxylic acids is 2. The van der Waals surface area contributed by atoms with E-state index in [2.05, 4.69) is 16.1 Å². The fraction of sp³-hybridized carbons (Fsp3) is 0.286. The van der Waals surface area contributed by atoms with Gasteiger partial charge in [-0.2, -0.15) is 0 Å². The number of rotatable bonds is 4. The zero-order valence-corrected chi connectivity index (χ0v) is 6.41. The molecule has 0 aliphatic rings. The molecule has 0 rings (SSSR count). The number of hydrogen-bond donors (Lipinski definition) is 1. The highest BCUT2D eigenvalue weighted by Gasteiger charge is 2.15. The molecule has 0 atom stereocenters. The summed E-state index contributed by atoms with van der Waals surface area (Å²) in [7, 11) is 0. The molecule has 0 saturated heterocycles. The summed E-state index contributed by atoms with van der Waals surface area (Å²) in [5, 5.41) is 6.50. The lowest BCUT2D eigenvalue weighted by Gasteiger charge is -1.99. The highest BCUT2D eigenvalue weighted by Crippen LogP contribution is 1.83. The number of esters is 2. The second-order valence-corrected chi connectivity index (χ2v) is 1.69. The predicted molar refractivity (Wildman–Crippen MR) is 40.9 cm³/mol. The lowest BCUT2D eigenvalue weighted by molar-refractivity contribution is -0.165. The van der Waals surface area contributed by atoms with Crippen LogP contribution < -0.4 is 0 Å². The van der Waals surface area contributed by atoms with E-state index in [9.17, 15) is 9.59 Å². The molecule has 0 amide bonds. The first-order chi connectivity index (χ1) is 5.72. The van der Waals surface area contributed by atoms with Crippen LogP contribution in [0.2, 0.25) is 0 Å². The van der Waals surface area contributed by atoms with Crippen LogP contribution >= 0.6 is 0 Å². The maximum Gasteiger partial charge on any atom is 0.417 e. The van der Waals surface area contributed by atoms with E-state index in [1.807, 2.05) is 0 Å². The van der Waals surface area contributed by atoms with Gasteiger partial charge in [0.2, 0.25) is 0 Å². The van der Waals surface area contributed by atoms with Crippen molar-refractivity contribution in [2.45, 2.75) is 0 Å². The molecule has 0 aliphatic carbocycles. The molecule has 0 spiro atoms. The van der Waals surface area contributed by atoms with Crippen molar-refractivity contribution in [2.75, 3.05) is 13.2 Å². The quantitative estimate of drug-likeness (QED) is 0.277. The third-order valence-electron chi connectivity index (χ3n) is 0.797. The minimum atomic E-state index is -1.10. The normalized spacial score (nSPS) is 8.33. The molecular weight excluding hydrogens is 162 g/mol. The molecule has 0 heterocycles. The summed E-state index contributed by atoms with van der Waals surface area (Å²) < 4.78 is 8.60. The van der Waals surface area contributed by atoms with Gasteiger partial charge in [-0.3, -0.25) is 0 Å². The molecule has 1 N–H and O–H groups in total. The Bertz CT molecular complexity index is 178. The lowest BCUT2D eigenvalue weighted by Crippen LogP contribution is -2.21. The summed E-state index contributed by atoms with van der Waals surface area (Å²) in [6, 6.07) is 0. The van der Waals surface area contributed by atoms with Crippen molar-refractivity contribution in [1.82, 2.24) is 0 Å². The van der Waals surface area contributed by atoms with Crippen molar-refractivity contribution >= 4 is 18.2 Å². The monoisotopic (exact) mass is 171 g/mol. The van der Waals surface area contributed by atoms with Gasteiger partial charge in [-0.1, -0.05) is 12.7 Å². The summed E-state index contributed by atoms with van der Waals surface area (Å²) in [5.41, 5.74) is 0. The van der Waals surface area contributed by atoms with Crippen LogP contribution in [0, 0.1) is 5.41 Å². The van der Waals surface area contributed by atoms with Gasteiger partial charge in [0.25, 0.3) is 0 Å². The molecule has 0 radical (unpaired) electrons. The van der Waals surface area contributed by atoms with Gasteiger partial charge in [0.05, 0.1) is 0 Å². The van der Waals surface area contributed by atoms with Crippen LogP contribution in [0.25, 0.3) is 0 Å². The highest BCUT2D eigenvalue weighted by atomic mass is 16.6. The first kappa shape index (κ1) is 10.3. The summed E-state index contributed by atoms with van der Waals surface area (Å²) in [5.74, 6) is -2.17. The Balaban J connectivity index is 3.68. The third-order valence-corrected chi connectivity index (χ3v) is 0.797. The summed E-state index contributed by atoms with van der Waals surface area (Å²) in [6.45, 7) is 3.04. The molecule has 5 nitrogen and oxygen atoms in total. The Morgan fingerprint density at radius 2 is 1.75 bits per heavy atom. The molecule has 0 aromatic heterocycles. The molecule has 0 unspecified atom stereocenters. The summed E-state index contributed by atoms with van der Waals surface area (Å²) in [6.07, 6.45) is 2.19. The molecule has 12 heavy (non-hydrogen) atoms. The van der Waals surface area contributed by atoms with E-state index >= 15 is 0 Å². The Kier molecular flexibility index (Phi) is 5.25. The summed E-state index contributed by atoms with van der Waals surface area (Å²) >= 11 is 0. The fourth-order valence-electron chi connectivity index (χ4n) is 0.370. The molecule has 0 fully saturated rings. The largest absolute Gasteiger partial charge is 0.453 e. The zero-order valence-electron chi connectivity index (χ0n) is 6.41. The molecule has 0 bridgehead atoms. The van der Waals surface area contributed by atoms with Crippen LogP contribution in [-0.4, -0.2) is 31.4 Å². The van der Waals surface area contributed by atoms with Crippen LogP contribution in [-0.2, 0) is 19.1 Å². The third kappa shape index (κ3) is 4.21. The van der Waals surface area contributed by atoms with E-state index in [4.69, 9.17) is 5.41 Å². The van der Waals surface area contributed by atoms with Crippen molar-refractivity contribution in [3.05, 3.63) is 12.7 Å². The van der Waals surface area contributed by atoms with Crippen molar-refractivity contribution in [2.24, 2.45) is 0 Å². The van der Waals surface area contributed by atoms with E-state index in [-0.39, 0.29) is 13.2 Å². The Labute approximate surface area is 69.5 Å². The van der Waals surface area contributed by atoms with Crippen LogP contribution in [0.4, 0.5) is 0 Å². The second-order valence-electron chi connectivity index (χ2n) is 1.69. The molecule has 0 aliphatic heterocycles. The molecule has 66 valence electrons. The smallest absolute Gasteiger partial charge is 0.417 e. The summed E-state index contributed by atoms with van der Waals surface area (Å²) in [4.78, 5) is 21.2. The van der Waals surface area contributed by atoms with E-state index in [1.54, 1.807) is 0 Å². The van der Waals surface area contributed by atoms with Gasteiger partial charge in [0.15, 0.2) is 0 Å². The van der Waals surface area contributed by atoms with E-state index < -0.39 is 11.9 Å². The Hall–Kier alpha value is -1.65. The molecule has 0 saturated carbocycles. The number of carbonyl (C=O) groups is 2. The van der Waals surface area contributed by atoms with Crippen LogP contribution in [0.1, 0.15) is 0 Å². The molecule has 5 heteroatoms. The zero-order chi connectivity index (χ0) is 9.40. The number of hydrogen-bond acceptors (Lipinski definition) is 5. The average Bonchev–Trinajstić information content (AvgIpc) is 2.10. The first-order valence-electron chi connectivity index (χ1n) is 3.16. The van der Waals surface area contributed by atoms with Gasteiger partial charge in [0, 0.05) is 6.21 Å². The standard InChI is InChI=1S/C7H9NO4/c1-2-4-11-6(9)7(10)12-5-3-8/h2-3,8H,1,4-5H2. The predicted octanol–water partition coefficient (Wildman–Crippen LogP) is -0.0916. The minimum absolute atomic E-state index is 0.0292. The van der Waals surface area contributed by atoms with Crippen LogP contribution in [0.15, 0.2) is 12.7 Å². The first-order valence-corrected chi connectivity index (χ1v) is 3.16.